The van der Waals surface area contributed by atoms with Crippen LogP contribution >= 0.6 is 12.2 Å². The van der Waals surface area contributed by atoms with Crippen molar-refractivity contribution < 1.29 is 4.39 Å². The van der Waals surface area contributed by atoms with Crippen LogP contribution in [0.1, 0.15) is 24.9 Å². The molecule has 0 radical (unpaired) electrons. The van der Waals surface area contributed by atoms with Crippen molar-refractivity contribution in [3.05, 3.63) is 35.6 Å². The summed E-state index contributed by atoms with van der Waals surface area (Å²) < 4.78 is 12.8. The van der Waals surface area contributed by atoms with E-state index >= 15 is 0 Å². The summed E-state index contributed by atoms with van der Waals surface area (Å²) in [7, 11) is 4.10. The van der Waals surface area contributed by atoms with Crippen molar-refractivity contribution in [3.63, 3.8) is 0 Å². The highest BCUT2D eigenvalue weighted by Gasteiger charge is 2.06. The predicted octanol–water partition coefficient (Wildman–Crippen LogP) is 2.30. The van der Waals surface area contributed by atoms with Gasteiger partial charge < -0.3 is 15.5 Å². The molecule has 2 N–H and O–H groups in total. The normalized spacial score (nSPS) is 12.3. The molecule has 0 saturated heterocycles. The summed E-state index contributed by atoms with van der Waals surface area (Å²) in [4.78, 5) is 2.14. The number of nitrogens with one attached hydrogen (secondary N) is 2. The van der Waals surface area contributed by atoms with E-state index in [0.29, 0.717) is 5.11 Å². The second-order valence-electron chi connectivity index (χ2n) is 4.83. The van der Waals surface area contributed by atoms with Crippen molar-refractivity contribution in [2.45, 2.75) is 19.4 Å². The molecule has 1 rings (SSSR count). The molecule has 0 spiro atoms. The highest BCUT2D eigenvalue weighted by Crippen LogP contribution is 2.12. The van der Waals surface area contributed by atoms with Gasteiger partial charge in [0.2, 0.25) is 0 Å². The van der Waals surface area contributed by atoms with Gasteiger partial charge in [-0.25, -0.2) is 4.39 Å². The fourth-order valence-corrected chi connectivity index (χ4v) is 1.96. The number of hydrogen-bond acceptors (Lipinski definition) is 2. The van der Waals surface area contributed by atoms with Crippen LogP contribution < -0.4 is 10.6 Å². The van der Waals surface area contributed by atoms with E-state index < -0.39 is 0 Å². The summed E-state index contributed by atoms with van der Waals surface area (Å²) in [5.74, 6) is -0.222. The van der Waals surface area contributed by atoms with Crippen molar-refractivity contribution in [1.82, 2.24) is 15.5 Å². The zero-order valence-electron chi connectivity index (χ0n) is 11.7. The Labute approximate surface area is 120 Å². The van der Waals surface area contributed by atoms with Crippen LogP contribution in [0.5, 0.6) is 0 Å². The third-order valence-corrected chi connectivity index (χ3v) is 3.05. The quantitative estimate of drug-likeness (QED) is 0.619. The largest absolute Gasteiger partial charge is 0.363 e. The first kappa shape index (κ1) is 15.9. The Morgan fingerprint density at radius 1 is 1.32 bits per heavy atom. The van der Waals surface area contributed by atoms with Crippen LogP contribution in [0, 0.1) is 5.82 Å². The van der Waals surface area contributed by atoms with E-state index in [2.05, 4.69) is 15.5 Å². The van der Waals surface area contributed by atoms with Crippen molar-refractivity contribution in [2.75, 3.05) is 27.2 Å². The van der Waals surface area contributed by atoms with Gasteiger partial charge in [-0.05, 0) is 63.9 Å². The van der Waals surface area contributed by atoms with Gasteiger partial charge in [0.1, 0.15) is 5.82 Å². The second-order valence-corrected chi connectivity index (χ2v) is 5.24. The Bertz CT molecular complexity index is 392. The van der Waals surface area contributed by atoms with Crippen molar-refractivity contribution >= 4 is 17.3 Å². The molecular weight excluding hydrogens is 261 g/mol. The van der Waals surface area contributed by atoms with Crippen LogP contribution in [0.25, 0.3) is 0 Å². The molecule has 0 aromatic heterocycles. The molecule has 0 aliphatic heterocycles. The minimum atomic E-state index is -0.222. The van der Waals surface area contributed by atoms with Crippen molar-refractivity contribution in [1.29, 1.82) is 0 Å². The molecule has 0 heterocycles. The third kappa shape index (κ3) is 6.50. The second kappa shape index (κ2) is 8.07. The van der Waals surface area contributed by atoms with Gasteiger partial charge in [0.15, 0.2) is 5.11 Å². The zero-order chi connectivity index (χ0) is 14.3. The minimum Gasteiger partial charge on any atom is -0.363 e. The van der Waals surface area contributed by atoms with Gasteiger partial charge in [-0.2, -0.15) is 0 Å². The first-order valence-electron chi connectivity index (χ1n) is 6.43. The summed E-state index contributed by atoms with van der Waals surface area (Å²) in [6, 6.07) is 6.51. The molecule has 0 aliphatic rings. The SMILES string of the molecule is C[C@H](NC(=S)NCCCN(C)C)c1ccc(F)cc1. The van der Waals surface area contributed by atoms with Crippen LogP contribution in [0.2, 0.25) is 0 Å². The summed E-state index contributed by atoms with van der Waals surface area (Å²) >= 11 is 5.23. The average Bonchev–Trinajstić information content (AvgIpc) is 2.35. The maximum atomic E-state index is 12.8. The van der Waals surface area contributed by atoms with E-state index in [0.717, 1.165) is 25.1 Å². The fourth-order valence-electron chi connectivity index (χ4n) is 1.68. The molecule has 3 nitrogen and oxygen atoms in total. The van der Waals surface area contributed by atoms with Crippen LogP contribution in [-0.4, -0.2) is 37.2 Å². The number of nitrogens with zero attached hydrogens (tertiary/aromatic N) is 1. The lowest BCUT2D eigenvalue weighted by Crippen LogP contribution is -2.37. The van der Waals surface area contributed by atoms with E-state index in [1.807, 2.05) is 21.0 Å². The number of hydrogen-bond donors (Lipinski definition) is 2. The highest BCUT2D eigenvalue weighted by molar-refractivity contribution is 7.80. The average molecular weight is 283 g/mol. The summed E-state index contributed by atoms with van der Waals surface area (Å²) in [6.45, 7) is 3.88. The monoisotopic (exact) mass is 283 g/mol. The number of rotatable bonds is 6. The molecule has 0 bridgehead atoms. The fraction of sp³-hybridized carbons (Fsp3) is 0.500. The van der Waals surface area contributed by atoms with Crippen LogP contribution in [0.4, 0.5) is 4.39 Å². The molecule has 0 amide bonds. The molecule has 1 aromatic rings. The smallest absolute Gasteiger partial charge is 0.166 e. The van der Waals surface area contributed by atoms with Crippen molar-refractivity contribution in [3.8, 4) is 0 Å². The van der Waals surface area contributed by atoms with Gasteiger partial charge in [0.25, 0.3) is 0 Å². The number of thiocarbonyl (C=S) groups is 1. The number of halogens is 1. The lowest BCUT2D eigenvalue weighted by atomic mass is 10.1. The Hall–Kier alpha value is -1.20. The highest BCUT2D eigenvalue weighted by atomic mass is 32.1. The van der Waals surface area contributed by atoms with Gasteiger partial charge in [0, 0.05) is 6.54 Å². The molecule has 0 saturated carbocycles. The van der Waals surface area contributed by atoms with E-state index in [-0.39, 0.29) is 11.9 Å². The van der Waals surface area contributed by atoms with E-state index in [1.54, 1.807) is 12.1 Å². The van der Waals surface area contributed by atoms with E-state index in [1.165, 1.54) is 12.1 Å². The van der Waals surface area contributed by atoms with Gasteiger partial charge in [-0.1, -0.05) is 12.1 Å². The number of benzene rings is 1. The molecule has 19 heavy (non-hydrogen) atoms. The predicted molar refractivity (Wildman–Crippen MR) is 81.7 cm³/mol. The Balaban J connectivity index is 2.29. The first-order chi connectivity index (χ1) is 8.99. The Morgan fingerprint density at radius 3 is 2.53 bits per heavy atom. The molecule has 0 fully saturated rings. The van der Waals surface area contributed by atoms with Gasteiger partial charge >= 0.3 is 0 Å². The van der Waals surface area contributed by atoms with Crippen LogP contribution in [0.3, 0.4) is 0 Å². The van der Waals surface area contributed by atoms with Gasteiger partial charge in [0.05, 0.1) is 6.04 Å². The topological polar surface area (TPSA) is 27.3 Å². The van der Waals surface area contributed by atoms with Crippen LogP contribution in [-0.2, 0) is 0 Å². The van der Waals surface area contributed by atoms with E-state index in [9.17, 15) is 4.39 Å². The third-order valence-electron chi connectivity index (χ3n) is 2.79. The summed E-state index contributed by atoms with van der Waals surface area (Å²) in [6.07, 6.45) is 1.04. The molecule has 0 aliphatic carbocycles. The van der Waals surface area contributed by atoms with E-state index in [4.69, 9.17) is 12.2 Å². The molecule has 1 aromatic carbocycles. The van der Waals surface area contributed by atoms with Gasteiger partial charge in [-0.15, -0.1) is 0 Å². The lowest BCUT2D eigenvalue weighted by molar-refractivity contribution is 0.400. The standard InChI is InChI=1S/C14H22FN3S/c1-11(12-5-7-13(15)8-6-12)17-14(19)16-9-4-10-18(2)3/h5-8,11H,4,9-10H2,1-3H3,(H2,16,17,19)/t11-/m0/s1. The zero-order valence-corrected chi connectivity index (χ0v) is 12.6. The first-order valence-corrected chi connectivity index (χ1v) is 6.84. The van der Waals surface area contributed by atoms with Crippen molar-refractivity contribution in [2.24, 2.45) is 0 Å². The summed E-state index contributed by atoms with van der Waals surface area (Å²) in [5, 5.41) is 6.99. The Morgan fingerprint density at radius 2 is 1.95 bits per heavy atom. The van der Waals surface area contributed by atoms with Crippen LogP contribution in [0.15, 0.2) is 24.3 Å². The Kier molecular flexibility index (Phi) is 6.73. The maximum Gasteiger partial charge on any atom is 0.166 e. The molecule has 0 unspecified atom stereocenters. The summed E-state index contributed by atoms with van der Waals surface area (Å²) in [5.41, 5.74) is 1.01. The molecule has 106 valence electrons. The van der Waals surface area contributed by atoms with Gasteiger partial charge in [-0.3, -0.25) is 0 Å². The lowest BCUT2D eigenvalue weighted by Gasteiger charge is -2.18. The molecular formula is C14H22FN3S. The minimum absolute atomic E-state index is 0.0643. The molecule has 1 atom stereocenters. The maximum absolute atomic E-state index is 12.8. The molecule has 5 heteroatoms.